The van der Waals surface area contributed by atoms with Gasteiger partial charge in [-0.1, -0.05) is 0 Å². The first kappa shape index (κ1) is 12.9. The Morgan fingerprint density at radius 2 is 2.22 bits per heavy atom. The Balaban J connectivity index is 1.79. The quantitative estimate of drug-likeness (QED) is 0.824. The molecule has 0 aliphatic carbocycles. The second-order valence-electron chi connectivity index (χ2n) is 4.66. The molecule has 2 N–H and O–H groups in total. The summed E-state index contributed by atoms with van der Waals surface area (Å²) in [7, 11) is 2.03. The molecule has 0 saturated heterocycles. The Hall–Kier alpha value is -1.52. The maximum atomic E-state index is 9.95. The normalized spacial score (nSPS) is 14.6. The SMILES string of the molecule is C[C@@H](C[C@@H](O)c1ccco1)NCc1cccn1C. The molecule has 0 fully saturated rings. The lowest BCUT2D eigenvalue weighted by Crippen LogP contribution is -2.28. The van der Waals surface area contributed by atoms with Crippen LogP contribution in [0.1, 0.15) is 30.9 Å². The molecule has 0 aliphatic heterocycles. The van der Waals surface area contributed by atoms with Crippen LogP contribution in [0.2, 0.25) is 0 Å². The van der Waals surface area contributed by atoms with Gasteiger partial charge in [0.25, 0.3) is 0 Å². The molecule has 2 rings (SSSR count). The summed E-state index contributed by atoms with van der Waals surface area (Å²) in [5, 5.41) is 13.3. The summed E-state index contributed by atoms with van der Waals surface area (Å²) in [5.74, 6) is 0.627. The van der Waals surface area contributed by atoms with Crippen LogP contribution in [0.5, 0.6) is 0 Å². The standard InChI is InChI=1S/C14H20N2O2/c1-11(9-13(17)14-6-4-8-18-14)15-10-12-5-3-7-16(12)2/h3-8,11,13,15,17H,9-10H2,1-2H3/t11-,13+/m0/s1. The Kier molecular flexibility index (Phi) is 4.23. The number of furan rings is 1. The zero-order valence-electron chi connectivity index (χ0n) is 10.8. The van der Waals surface area contributed by atoms with Crippen LogP contribution in [-0.2, 0) is 13.6 Å². The van der Waals surface area contributed by atoms with Gasteiger partial charge in [0.2, 0.25) is 0 Å². The monoisotopic (exact) mass is 248 g/mol. The first-order chi connectivity index (χ1) is 8.66. The van der Waals surface area contributed by atoms with E-state index in [0.717, 1.165) is 6.54 Å². The van der Waals surface area contributed by atoms with E-state index < -0.39 is 6.10 Å². The highest BCUT2D eigenvalue weighted by Gasteiger charge is 2.14. The number of hydrogen-bond donors (Lipinski definition) is 2. The lowest BCUT2D eigenvalue weighted by molar-refractivity contribution is 0.128. The van der Waals surface area contributed by atoms with Gasteiger partial charge >= 0.3 is 0 Å². The van der Waals surface area contributed by atoms with Crippen molar-refractivity contribution >= 4 is 0 Å². The highest BCUT2D eigenvalue weighted by molar-refractivity contribution is 5.06. The van der Waals surface area contributed by atoms with Crippen LogP contribution >= 0.6 is 0 Å². The van der Waals surface area contributed by atoms with Crippen LogP contribution in [0.15, 0.2) is 41.1 Å². The average Bonchev–Trinajstić information content (AvgIpc) is 2.97. The molecular formula is C14H20N2O2. The summed E-state index contributed by atoms with van der Waals surface area (Å²) in [5.41, 5.74) is 1.23. The van der Waals surface area contributed by atoms with Crippen LogP contribution in [0.25, 0.3) is 0 Å². The average molecular weight is 248 g/mol. The van der Waals surface area contributed by atoms with Crippen molar-refractivity contribution in [3.05, 3.63) is 48.2 Å². The summed E-state index contributed by atoms with van der Waals surface area (Å²) in [6.45, 7) is 2.87. The Bertz CT molecular complexity index is 462. The van der Waals surface area contributed by atoms with Crippen LogP contribution in [0.3, 0.4) is 0 Å². The molecule has 0 aromatic carbocycles. The van der Waals surface area contributed by atoms with E-state index in [1.54, 1.807) is 18.4 Å². The van der Waals surface area contributed by atoms with E-state index in [4.69, 9.17) is 4.42 Å². The van der Waals surface area contributed by atoms with Crippen molar-refractivity contribution in [3.8, 4) is 0 Å². The van der Waals surface area contributed by atoms with Gasteiger partial charge in [-0.25, -0.2) is 0 Å². The van der Waals surface area contributed by atoms with Crippen LogP contribution < -0.4 is 5.32 Å². The van der Waals surface area contributed by atoms with Crippen LogP contribution in [-0.4, -0.2) is 15.7 Å². The van der Waals surface area contributed by atoms with Crippen molar-refractivity contribution in [2.75, 3.05) is 0 Å². The van der Waals surface area contributed by atoms with Gasteiger partial charge in [0.1, 0.15) is 11.9 Å². The fourth-order valence-corrected chi connectivity index (χ4v) is 1.97. The minimum atomic E-state index is -0.545. The minimum absolute atomic E-state index is 0.222. The van der Waals surface area contributed by atoms with Gasteiger partial charge in [-0.05, 0) is 37.6 Å². The molecule has 0 bridgehead atoms. The summed E-state index contributed by atoms with van der Waals surface area (Å²) >= 11 is 0. The number of nitrogens with zero attached hydrogens (tertiary/aromatic N) is 1. The zero-order chi connectivity index (χ0) is 13.0. The van der Waals surface area contributed by atoms with Crippen LogP contribution in [0.4, 0.5) is 0 Å². The van der Waals surface area contributed by atoms with Gasteiger partial charge in [0.05, 0.1) is 6.26 Å². The van der Waals surface area contributed by atoms with Gasteiger partial charge in [0, 0.05) is 31.5 Å². The van der Waals surface area contributed by atoms with Crippen molar-refractivity contribution in [2.24, 2.45) is 7.05 Å². The van der Waals surface area contributed by atoms with Gasteiger partial charge in [-0.3, -0.25) is 0 Å². The molecule has 2 aromatic heterocycles. The topological polar surface area (TPSA) is 50.3 Å². The van der Waals surface area contributed by atoms with E-state index in [-0.39, 0.29) is 6.04 Å². The van der Waals surface area contributed by atoms with E-state index in [2.05, 4.69) is 22.9 Å². The van der Waals surface area contributed by atoms with Crippen molar-refractivity contribution in [1.29, 1.82) is 0 Å². The van der Waals surface area contributed by atoms with E-state index in [0.29, 0.717) is 12.2 Å². The number of aromatic nitrogens is 1. The number of nitrogens with one attached hydrogen (secondary N) is 1. The second kappa shape index (κ2) is 5.89. The molecule has 0 saturated carbocycles. The molecular weight excluding hydrogens is 228 g/mol. The molecule has 2 atom stereocenters. The Labute approximate surface area is 107 Å². The lowest BCUT2D eigenvalue weighted by Gasteiger charge is -2.17. The molecule has 0 amide bonds. The third kappa shape index (κ3) is 3.24. The van der Waals surface area contributed by atoms with Crippen molar-refractivity contribution in [2.45, 2.75) is 32.0 Å². The molecule has 4 nitrogen and oxygen atoms in total. The summed E-state index contributed by atoms with van der Waals surface area (Å²) in [6.07, 6.45) is 3.70. The third-order valence-electron chi connectivity index (χ3n) is 3.13. The largest absolute Gasteiger partial charge is 0.467 e. The van der Waals surface area contributed by atoms with E-state index >= 15 is 0 Å². The molecule has 0 aliphatic rings. The lowest BCUT2D eigenvalue weighted by atomic mass is 10.1. The fraction of sp³-hybridized carbons (Fsp3) is 0.429. The molecule has 0 spiro atoms. The van der Waals surface area contributed by atoms with E-state index in [1.807, 2.05) is 19.3 Å². The van der Waals surface area contributed by atoms with Crippen LogP contribution in [0, 0.1) is 0 Å². The molecule has 2 heterocycles. The predicted molar refractivity (Wildman–Crippen MR) is 70.0 cm³/mol. The van der Waals surface area contributed by atoms with Gasteiger partial charge < -0.3 is 19.4 Å². The molecule has 18 heavy (non-hydrogen) atoms. The number of aryl methyl sites for hydroxylation is 1. The fourth-order valence-electron chi connectivity index (χ4n) is 1.97. The molecule has 4 heteroatoms. The summed E-state index contributed by atoms with van der Waals surface area (Å²) < 4.78 is 7.27. The number of hydrogen-bond acceptors (Lipinski definition) is 3. The zero-order valence-corrected chi connectivity index (χ0v) is 10.8. The van der Waals surface area contributed by atoms with E-state index in [9.17, 15) is 5.11 Å². The molecule has 2 aromatic rings. The highest BCUT2D eigenvalue weighted by Crippen LogP contribution is 2.18. The Morgan fingerprint density at radius 1 is 1.39 bits per heavy atom. The van der Waals surface area contributed by atoms with Gasteiger partial charge in [0.15, 0.2) is 0 Å². The number of aliphatic hydroxyl groups is 1. The molecule has 98 valence electrons. The van der Waals surface area contributed by atoms with Gasteiger partial charge in [-0.15, -0.1) is 0 Å². The van der Waals surface area contributed by atoms with E-state index in [1.165, 1.54) is 5.69 Å². The predicted octanol–water partition coefficient (Wildman–Crippen LogP) is 2.22. The maximum absolute atomic E-state index is 9.95. The number of aliphatic hydroxyl groups excluding tert-OH is 1. The third-order valence-corrected chi connectivity index (χ3v) is 3.13. The van der Waals surface area contributed by atoms with Crippen molar-refractivity contribution < 1.29 is 9.52 Å². The van der Waals surface area contributed by atoms with Gasteiger partial charge in [-0.2, -0.15) is 0 Å². The minimum Gasteiger partial charge on any atom is -0.467 e. The van der Waals surface area contributed by atoms with Crippen molar-refractivity contribution in [1.82, 2.24) is 9.88 Å². The highest BCUT2D eigenvalue weighted by atomic mass is 16.4. The molecule has 0 radical (unpaired) electrons. The smallest absolute Gasteiger partial charge is 0.132 e. The summed E-state index contributed by atoms with van der Waals surface area (Å²) in [6, 6.07) is 7.93. The molecule has 0 unspecified atom stereocenters. The maximum Gasteiger partial charge on any atom is 0.132 e. The van der Waals surface area contributed by atoms with Crippen molar-refractivity contribution in [3.63, 3.8) is 0 Å². The second-order valence-corrected chi connectivity index (χ2v) is 4.66. The summed E-state index contributed by atoms with van der Waals surface area (Å²) in [4.78, 5) is 0. The Morgan fingerprint density at radius 3 is 2.83 bits per heavy atom. The first-order valence-electron chi connectivity index (χ1n) is 6.22. The number of rotatable bonds is 6. The first-order valence-corrected chi connectivity index (χ1v) is 6.22.